The van der Waals surface area contributed by atoms with Crippen LogP contribution in [0, 0.1) is 0 Å². The molecule has 1 fully saturated rings. The van der Waals surface area contributed by atoms with Crippen LogP contribution >= 0.6 is 23.1 Å². The molecule has 2 atom stereocenters. The summed E-state index contributed by atoms with van der Waals surface area (Å²) in [5, 5.41) is 21.9. The number of oxime groups is 1. The Morgan fingerprint density at radius 3 is 2.94 bits per heavy atom. The number of anilines is 1. The third kappa shape index (κ3) is 4.08. The van der Waals surface area contributed by atoms with E-state index in [1.165, 1.54) is 23.8 Å². The first-order chi connectivity index (χ1) is 16.9. The van der Waals surface area contributed by atoms with Crippen LogP contribution in [0.3, 0.4) is 0 Å². The van der Waals surface area contributed by atoms with E-state index >= 15 is 0 Å². The number of nitrogens with two attached hydrogens (primary N) is 1. The van der Waals surface area contributed by atoms with Crippen molar-refractivity contribution in [2.24, 2.45) is 5.16 Å². The van der Waals surface area contributed by atoms with Gasteiger partial charge in [-0.05, 0) is 12.1 Å². The van der Waals surface area contributed by atoms with Crippen molar-refractivity contribution in [2.45, 2.75) is 18.0 Å². The van der Waals surface area contributed by atoms with Crippen molar-refractivity contribution in [2.75, 3.05) is 18.6 Å². The maximum atomic E-state index is 13.0. The first-order valence-corrected chi connectivity index (χ1v) is 12.2. The molecule has 0 aromatic carbocycles. The molecule has 0 aliphatic carbocycles. The molecular formula is C20H19N8O5S2+. The molecule has 13 nitrogen and oxygen atoms in total. The number of amides is 2. The lowest BCUT2D eigenvalue weighted by Gasteiger charge is -2.49. The van der Waals surface area contributed by atoms with Gasteiger partial charge in [-0.2, -0.15) is 0 Å². The van der Waals surface area contributed by atoms with E-state index in [4.69, 9.17) is 10.6 Å². The number of carboxylic acids is 1. The number of carbonyl (C=O) groups is 3. The lowest BCUT2D eigenvalue weighted by molar-refractivity contribution is -0.746. The molecule has 0 saturated carbocycles. The quantitative estimate of drug-likeness (QED) is 0.162. The fourth-order valence-electron chi connectivity index (χ4n) is 3.91. The number of aromatic nitrogens is 4. The number of nitrogen functional groups attached to an aromatic ring is 1. The number of pyridine rings is 1. The Morgan fingerprint density at radius 1 is 1.43 bits per heavy atom. The highest BCUT2D eigenvalue weighted by Gasteiger charge is 2.54. The van der Waals surface area contributed by atoms with Crippen molar-refractivity contribution >= 4 is 57.2 Å². The second-order valence-electron chi connectivity index (χ2n) is 7.60. The van der Waals surface area contributed by atoms with E-state index in [2.05, 4.69) is 20.7 Å². The van der Waals surface area contributed by atoms with Crippen LogP contribution in [0.4, 0.5) is 5.13 Å². The number of thiazole rings is 1. The summed E-state index contributed by atoms with van der Waals surface area (Å²) in [6, 6.07) is 4.68. The summed E-state index contributed by atoms with van der Waals surface area (Å²) in [4.78, 5) is 48.0. The van der Waals surface area contributed by atoms with E-state index in [-0.39, 0.29) is 28.8 Å². The minimum atomic E-state index is -1.22. The number of carboxylic acid groups (broad SMARTS) is 1. The second kappa shape index (κ2) is 8.99. The van der Waals surface area contributed by atoms with Crippen molar-refractivity contribution in [3.63, 3.8) is 0 Å². The van der Waals surface area contributed by atoms with Crippen LogP contribution in [0.5, 0.6) is 0 Å². The monoisotopic (exact) mass is 515 g/mol. The van der Waals surface area contributed by atoms with Crippen LogP contribution in [0.2, 0.25) is 0 Å². The topological polar surface area (TPSA) is 168 Å². The highest BCUT2D eigenvalue weighted by atomic mass is 32.2. The summed E-state index contributed by atoms with van der Waals surface area (Å²) in [6.45, 7) is 0.208. The molecule has 3 aromatic rings. The lowest BCUT2D eigenvalue weighted by Crippen LogP contribution is -2.71. The summed E-state index contributed by atoms with van der Waals surface area (Å²) < 4.78 is 3.31. The largest absolute Gasteiger partial charge is 0.477 e. The van der Waals surface area contributed by atoms with Crippen LogP contribution < -0.4 is 15.7 Å². The lowest BCUT2D eigenvalue weighted by atomic mass is 10.0. The van der Waals surface area contributed by atoms with E-state index in [1.807, 2.05) is 18.2 Å². The van der Waals surface area contributed by atoms with E-state index in [1.54, 1.807) is 27.0 Å². The van der Waals surface area contributed by atoms with Crippen molar-refractivity contribution in [3.05, 3.63) is 52.9 Å². The predicted octanol–water partition coefficient (Wildman–Crippen LogP) is -0.550. The molecule has 15 heteroatoms. The Kier molecular flexibility index (Phi) is 5.86. The molecule has 5 heterocycles. The first-order valence-electron chi connectivity index (χ1n) is 10.2. The van der Waals surface area contributed by atoms with Gasteiger partial charge in [-0.1, -0.05) is 11.2 Å². The Labute approximate surface area is 205 Å². The average molecular weight is 516 g/mol. The van der Waals surface area contributed by atoms with Gasteiger partial charge in [0.2, 0.25) is 0 Å². The number of aliphatic carboxylic acids is 1. The molecule has 1 saturated heterocycles. The van der Waals surface area contributed by atoms with Crippen LogP contribution in [-0.2, 0) is 25.8 Å². The predicted molar refractivity (Wildman–Crippen MR) is 125 cm³/mol. The molecule has 5 rings (SSSR count). The molecule has 0 spiro atoms. The maximum absolute atomic E-state index is 13.0. The number of hydrogen-bond acceptors (Lipinski definition) is 10. The van der Waals surface area contributed by atoms with Gasteiger partial charge in [0.25, 0.3) is 11.8 Å². The molecule has 2 aliphatic heterocycles. The number of nitrogens with zero attached hydrogens (tertiary/aromatic N) is 6. The molecule has 2 amide bonds. The van der Waals surface area contributed by atoms with Gasteiger partial charge in [0, 0.05) is 16.7 Å². The highest BCUT2D eigenvalue weighted by Crippen LogP contribution is 2.40. The van der Waals surface area contributed by atoms with Gasteiger partial charge in [-0.25, -0.2) is 9.78 Å². The highest BCUT2D eigenvalue weighted by molar-refractivity contribution is 8.00. The fourth-order valence-corrected chi connectivity index (χ4v) is 5.80. The first kappa shape index (κ1) is 22.8. The molecule has 0 bridgehead atoms. The molecule has 4 N–H and O–H groups in total. The second-order valence-corrected chi connectivity index (χ2v) is 9.59. The third-order valence-electron chi connectivity index (χ3n) is 5.41. The number of hydrogen-bond donors (Lipinski definition) is 3. The Balaban J connectivity index is 1.36. The SMILES string of the molecule is CO/N=C(\C(=O)N[C@@H]1C(=O)N2C(C(=O)O)=C(C[n+]3cc4ccccn4n3)CS[C@H]12)c1csc(N)n1. The van der Waals surface area contributed by atoms with Gasteiger partial charge in [-0.15, -0.1) is 32.3 Å². The van der Waals surface area contributed by atoms with Gasteiger partial charge < -0.3 is 21.0 Å². The van der Waals surface area contributed by atoms with Gasteiger partial charge in [0.1, 0.15) is 42.7 Å². The minimum absolute atomic E-state index is 0.0909. The van der Waals surface area contributed by atoms with Crippen molar-refractivity contribution in [1.29, 1.82) is 0 Å². The number of thioether (sulfide) groups is 1. The number of β-lactam (4-membered cyclic amide) rings is 1. The molecule has 0 radical (unpaired) electrons. The Hall–Kier alpha value is -3.98. The van der Waals surface area contributed by atoms with E-state index in [0.29, 0.717) is 11.3 Å². The summed E-state index contributed by atoms with van der Waals surface area (Å²) >= 11 is 2.49. The van der Waals surface area contributed by atoms with E-state index in [0.717, 1.165) is 16.9 Å². The zero-order valence-corrected chi connectivity index (χ0v) is 19.8. The van der Waals surface area contributed by atoms with Gasteiger partial charge >= 0.3 is 5.97 Å². The number of rotatable bonds is 7. The van der Waals surface area contributed by atoms with Crippen LogP contribution in [0.1, 0.15) is 5.69 Å². The zero-order chi connectivity index (χ0) is 24.7. The minimum Gasteiger partial charge on any atom is -0.477 e. The zero-order valence-electron chi connectivity index (χ0n) is 18.2. The number of carbonyl (C=O) groups excluding carboxylic acids is 2. The van der Waals surface area contributed by atoms with Crippen molar-refractivity contribution in [3.8, 4) is 0 Å². The maximum Gasteiger partial charge on any atom is 0.352 e. The fraction of sp³-hybridized carbons (Fsp3) is 0.250. The summed E-state index contributed by atoms with van der Waals surface area (Å²) in [7, 11) is 1.28. The summed E-state index contributed by atoms with van der Waals surface area (Å²) in [5.74, 6) is -2.07. The van der Waals surface area contributed by atoms with Crippen molar-refractivity contribution in [1.82, 2.24) is 24.9 Å². The third-order valence-corrected chi connectivity index (χ3v) is 7.43. The molecule has 3 aromatic heterocycles. The van der Waals surface area contributed by atoms with Crippen molar-refractivity contribution < 1.29 is 29.0 Å². The van der Waals surface area contributed by atoms with E-state index in [9.17, 15) is 19.5 Å². The standard InChI is InChI=1S/C20H18N8O5S2/c1-33-24-13(12-9-35-20(21)22-12)16(29)23-14-17(30)28-15(19(31)32)10(8-34-18(14)28)6-26-7-11-4-2-3-5-27(11)25-26/h2-5,7,9,14,18H,6,8H2,1H3,(H3-,21,22,23,29,31,32)/p+1/b24-13-/t14-,18-/m1/s1. The van der Waals surface area contributed by atoms with Gasteiger partial charge in [0.15, 0.2) is 22.6 Å². The van der Waals surface area contributed by atoms with Crippen LogP contribution in [0.15, 0.2) is 52.4 Å². The number of nitrogens with one attached hydrogen (secondary N) is 1. The summed E-state index contributed by atoms with van der Waals surface area (Å²) in [5.41, 5.74) is 7.03. The molecule has 0 unspecified atom stereocenters. The van der Waals surface area contributed by atoms with Crippen LogP contribution in [-0.4, -0.2) is 72.5 Å². The Morgan fingerprint density at radius 2 is 2.26 bits per heavy atom. The number of fused-ring (bicyclic) bond motifs is 2. The molecule has 2 aliphatic rings. The van der Waals surface area contributed by atoms with Crippen LogP contribution in [0.25, 0.3) is 5.52 Å². The van der Waals surface area contributed by atoms with Gasteiger partial charge in [-0.3, -0.25) is 14.5 Å². The Bertz CT molecular complexity index is 1380. The molecule has 35 heavy (non-hydrogen) atoms. The summed E-state index contributed by atoms with van der Waals surface area (Å²) in [6.07, 6.45) is 3.59. The smallest absolute Gasteiger partial charge is 0.352 e. The van der Waals surface area contributed by atoms with Gasteiger partial charge in [0.05, 0.1) is 5.21 Å². The van der Waals surface area contributed by atoms with E-state index < -0.39 is 29.2 Å². The molecule has 180 valence electrons. The average Bonchev–Trinajstić information content (AvgIpc) is 3.45. The molecular weight excluding hydrogens is 496 g/mol. The normalized spacial score (nSPS) is 20.0.